The average molecular weight is 221 g/mol. The molecule has 88 valence electrons. The van der Waals surface area contributed by atoms with Gasteiger partial charge >= 0.3 is 0 Å². The van der Waals surface area contributed by atoms with Crippen molar-refractivity contribution in [2.45, 2.75) is 20.3 Å². The van der Waals surface area contributed by atoms with Crippen LogP contribution in [0, 0.1) is 6.92 Å². The summed E-state index contributed by atoms with van der Waals surface area (Å²) in [4.78, 5) is 11.8. The molecule has 0 aliphatic rings. The average Bonchev–Trinajstić information content (AvgIpc) is 2.29. The van der Waals surface area contributed by atoms with Crippen molar-refractivity contribution in [3.05, 3.63) is 29.3 Å². The molecule has 0 aliphatic heterocycles. The molecule has 0 saturated heterocycles. The summed E-state index contributed by atoms with van der Waals surface area (Å²) < 4.78 is 5.15. The zero-order valence-corrected chi connectivity index (χ0v) is 10.2. The molecular formula is C13H19NO2. The molecule has 3 nitrogen and oxygen atoms in total. The fraction of sp³-hybridized carbons (Fsp3) is 0.462. The van der Waals surface area contributed by atoms with Gasteiger partial charge in [0.15, 0.2) is 5.78 Å². The largest absolute Gasteiger partial charge is 0.496 e. The molecule has 1 aromatic rings. The van der Waals surface area contributed by atoms with Crippen molar-refractivity contribution in [1.29, 1.82) is 0 Å². The molecule has 1 N–H and O–H groups in total. The SMILES string of the molecule is CCNCCC(=O)c1ccc(OC)c(C)c1. The second-order valence-electron chi connectivity index (χ2n) is 3.71. The fourth-order valence-corrected chi connectivity index (χ4v) is 1.57. The summed E-state index contributed by atoms with van der Waals surface area (Å²) >= 11 is 0. The molecule has 0 heterocycles. The minimum Gasteiger partial charge on any atom is -0.496 e. The molecule has 0 aliphatic carbocycles. The molecule has 0 amide bonds. The Morgan fingerprint density at radius 1 is 1.44 bits per heavy atom. The van der Waals surface area contributed by atoms with E-state index in [9.17, 15) is 4.79 Å². The zero-order valence-electron chi connectivity index (χ0n) is 10.2. The van der Waals surface area contributed by atoms with Gasteiger partial charge in [-0.05, 0) is 37.2 Å². The lowest BCUT2D eigenvalue weighted by Gasteiger charge is -2.07. The molecule has 0 radical (unpaired) electrons. The molecule has 0 unspecified atom stereocenters. The van der Waals surface area contributed by atoms with E-state index in [1.807, 2.05) is 32.0 Å². The van der Waals surface area contributed by atoms with Crippen LogP contribution in [0.5, 0.6) is 5.75 Å². The second-order valence-corrected chi connectivity index (χ2v) is 3.71. The molecule has 0 aromatic heterocycles. The molecule has 0 bridgehead atoms. The van der Waals surface area contributed by atoms with E-state index in [-0.39, 0.29) is 5.78 Å². The maximum atomic E-state index is 11.8. The number of carbonyl (C=O) groups excluding carboxylic acids is 1. The van der Waals surface area contributed by atoms with E-state index in [4.69, 9.17) is 4.74 Å². The molecule has 0 spiro atoms. The van der Waals surface area contributed by atoms with Crippen molar-refractivity contribution in [3.8, 4) is 5.75 Å². The van der Waals surface area contributed by atoms with Crippen LogP contribution in [0.2, 0.25) is 0 Å². The highest BCUT2D eigenvalue weighted by Crippen LogP contribution is 2.19. The number of methoxy groups -OCH3 is 1. The van der Waals surface area contributed by atoms with Gasteiger partial charge in [-0.3, -0.25) is 4.79 Å². The number of Topliss-reactive ketones (excluding diaryl/α,β-unsaturated/α-hetero) is 1. The van der Waals surface area contributed by atoms with Crippen molar-refractivity contribution in [1.82, 2.24) is 5.32 Å². The minimum absolute atomic E-state index is 0.173. The van der Waals surface area contributed by atoms with Crippen LogP contribution >= 0.6 is 0 Å². The maximum Gasteiger partial charge on any atom is 0.164 e. The Kier molecular flexibility index (Phi) is 4.99. The fourth-order valence-electron chi connectivity index (χ4n) is 1.57. The van der Waals surface area contributed by atoms with Gasteiger partial charge in [0.25, 0.3) is 0 Å². The lowest BCUT2D eigenvalue weighted by atomic mass is 10.1. The second kappa shape index (κ2) is 6.28. The lowest BCUT2D eigenvalue weighted by Crippen LogP contribution is -2.17. The predicted octanol–water partition coefficient (Wildman–Crippen LogP) is 2.19. The highest BCUT2D eigenvalue weighted by Gasteiger charge is 2.07. The monoisotopic (exact) mass is 221 g/mol. The van der Waals surface area contributed by atoms with Crippen LogP contribution in [0.4, 0.5) is 0 Å². The Bertz CT molecular complexity index is 361. The van der Waals surface area contributed by atoms with Crippen LogP contribution in [0.1, 0.15) is 29.3 Å². The van der Waals surface area contributed by atoms with Gasteiger partial charge in [-0.2, -0.15) is 0 Å². The summed E-state index contributed by atoms with van der Waals surface area (Å²) in [6.45, 7) is 5.61. The van der Waals surface area contributed by atoms with Crippen LogP contribution in [-0.2, 0) is 0 Å². The van der Waals surface area contributed by atoms with E-state index in [1.165, 1.54) is 0 Å². The quantitative estimate of drug-likeness (QED) is 0.591. The van der Waals surface area contributed by atoms with Crippen LogP contribution in [0.25, 0.3) is 0 Å². The number of hydrogen-bond acceptors (Lipinski definition) is 3. The first-order valence-electron chi connectivity index (χ1n) is 5.57. The molecule has 0 fully saturated rings. The normalized spacial score (nSPS) is 10.2. The zero-order chi connectivity index (χ0) is 12.0. The van der Waals surface area contributed by atoms with Crippen molar-refractivity contribution in [2.24, 2.45) is 0 Å². The molecule has 3 heteroatoms. The van der Waals surface area contributed by atoms with Crippen molar-refractivity contribution < 1.29 is 9.53 Å². The molecule has 1 aromatic carbocycles. The standard InChI is InChI=1S/C13H19NO2/c1-4-14-8-7-12(15)11-5-6-13(16-3)10(2)9-11/h5-6,9,14H,4,7-8H2,1-3H3. The third kappa shape index (κ3) is 3.35. The van der Waals surface area contributed by atoms with Gasteiger partial charge in [0, 0.05) is 18.5 Å². The number of nitrogens with one attached hydrogen (secondary N) is 1. The Hall–Kier alpha value is -1.35. The van der Waals surface area contributed by atoms with E-state index >= 15 is 0 Å². The van der Waals surface area contributed by atoms with Gasteiger partial charge in [0.2, 0.25) is 0 Å². The number of ether oxygens (including phenoxy) is 1. The number of aryl methyl sites for hydroxylation is 1. The highest BCUT2D eigenvalue weighted by atomic mass is 16.5. The van der Waals surface area contributed by atoms with E-state index in [0.717, 1.165) is 30.0 Å². The van der Waals surface area contributed by atoms with Gasteiger partial charge in [-0.25, -0.2) is 0 Å². The van der Waals surface area contributed by atoms with Gasteiger partial charge < -0.3 is 10.1 Å². The summed E-state index contributed by atoms with van der Waals surface area (Å²) in [5.41, 5.74) is 1.76. The Labute approximate surface area is 96.8 Å². The molecule has 0 atom stereocenters. The van der Waals surface area contributed by atoms with Crippen LogP contribution in [-0.4, -0.2) is 26.0 Å². The maximum absolute atomic E-state index is 11.8. The summed E-state index contributed by atoms with van der Waals surface area (Å²) in [7, 11) is 1.63. The third-order valence-corrected chi connectivity index (χ3v) is 2.50. The summed E-state index contributed by atoms with van der Waals surface area (Å²) in [5, 5.41) is 3.14. The number of carbonyl (C=O) groups is 1. The van der Waals surface area contributed by atoms with E-state index in [2.05, 4.69) is 5.32 Å². The third-order valence-electron chi connectivity index (χ3n) is 2.50. The first-order valence-corrected chi connectivity index (χ1v) is 5.57. The summed E-state index contributed by atoms with van der Waals surface area (Å²) in [6, 6.07) is 5.54. The van der Waals surface area contributed by atoms with Gasteiger partial charge in [-0.15, -0.1) is 0 Å². The predicted molar refractivity (Wildman–Crippen MR) is 65.2 cm³/mol. The first kappa shape index (κ1) is 12.7. The smallest absolute Gasteiger partial charge is 0.164 e. The number of ketones is 1. The Balaban J connectivity index is 2.66. The number of hydrogen-bond donors (Lipinski definition) is 1. The molecule has 0 saturated carbocycles. The molecule has 1 rings (SSSR count). The molecular weight excluding hydrogens is 202 g/mol. The first-order chi connectivity index (χ1) is 7.69. The topological polar surface area (TPSA) is 38.3 Å². The van der Waals surface area contributed by atoms with Gasteiger partial charge in [-0.1, -0.05) is 6.92 Å². The van der Waals surface area contributed by atoms with Crippen molar-refractivity contribution in [3.63, 3.8) is 0 Å². The highest BCUT2D eigenvalue weighted by molar-refractivity contribution is 5.96. The Morgan fingerprint density at radius 3 is 2.75 bits per heavy atom. The van der Waals surface area contributed by atoms with Gasteiger partial charge in [0.1, 0.15) is 5.75 Å². The molecule has 16 heavy (non-hydrogen) atoms. The summed E-state index contributed by atoms with van der Waals surface area (Å²) in [5.74, 6) is 0.995. The number of benzene rings is 1. The van der Waals surface area contributed by atoms with Crippen molar-refractivity contribution in [2.75, 3.05) is 20.2 Å². The van der Waals surface area contributed by atoms with E-state index < -0.39 is 0 Å². The van der Waals surface area contributed by atoms with E-state index in [1.54, 1.807) is 7.11 Å². The Morgan fingerprint density at radius 2 is 2.19 bits per heavy atom. The number of rotatable bonds is 6. The summed E-state index contributed by atoms with van der Waals surface area (Å²) in [6.07, 6.45) is 0.541. The minimum atomic E-state index is 0.173. The van der Waals surface area contributed by atoms with E-state index in [0.29, 0.717) is 6.42 Å². The van der Waals surface area contributed by atoms with Gasteiger partial charge in [0.05, 0.1) is 7.11 Å². The van der Waals surface area contributed by atoms with Crippen molar-refractivity contribution >= 4 is 5.78 Å². The van der Waals surface area contributed by atoms with Crippen LogP contribution < -0.4 is 10.1 Å². The van der Waals surface area contributed by atoms with Crippen LogP contribution in [0.3, 0.4) is 0 Å². The van der Waals surface area contributed by atoms with Crippen LogP contribution in [0.15, 0.2) is 18.2 Å². The lowest BCUT2D eigenvalue weighted by molar-refractivity contribution is 0.0982.